The standard InChI is InChI=1S/C23H25FN2O4/c1-4-30-22(29)19-17(13-5-7-14(24)8-6-13)18-15(11-23(2,3)12-16(18)27)26-10-9-25-21(28)20(19)26/h5-8,17H,4,9-12H2,1-3H3,(H,25,28). The number of piperazine rings is 1. The van der Waals surface area contributed by atoms with Crippen LogP contribution in [-0.4, -0.2) is 42.3 Å². The van der Waals surface area contributed by atoms with Gasteiger partial charge in [0.15, 0.2) is 5.78 Å². The number of rotatable bonds is 3. The van der Waals surface area contributed by atoms with Gasteiger partial charge < -0.3 is 15.0 Å². The number of Topliss-reactive ketones (excluding diaryl/α,β-unsaturated/α-hetero) is 1. The third kappa shape index (κ3) is 3.32. The first-order chi connectivity index (χ1) is 14.2. The van der Waals surface area contributed by atoms with Gasteiger partial charge in [-0.1, -0.05) is 26.0 Å². The van der Waals surface area contributed by atoms with Gasteiger partial charge in [-0.3, -0.25) is 9.59 Å². The summed E-state index contributed by atoms with van der Waals surface area (Å²) >= 11 is 0. The minimum Gasteiger partial charge on any atom is -0.463 e. The minimum absolute atomic E-state index is 0.0533. The molecule has 6 nitrogen and oxygen atoms in total. The second kappa shape index (κ2) is 7.38. The zero-order valence-electron chi connectivity index (χ0n) is 17.4. The van der Waals surface area contributed by atoms with Crippen molar-refractivity contribution in [3.8, 4) is 0 Å². The van der Waals surface area contributed by atoms with Gasteiger partial charge in [0.1, 0.15) is 11.5 Å². The van der Waals surface area contributed by atoms with E-state index in [0.717, 1.165) is 5.70 Å². The highest BCUT2D eigenvalue weighted by molar-refractivity contribution is 6.09. The maximum absolute atomic E-state index is 13.6. The van der Waals surface area contributed by atoms with Crippen LogP contribution in [0.15, 0.2) is 46.8 Å². The van der Waals surface area contributed by atoms with Crippen molar-refractivity contribution in [2.75, 3.05) is 19.7 Å². The molecule has 158 valence electrons. The van der Waals surface area contributed by atoms with Gasteiger partial charge in [-0.05, 0) is 36.5 Å². The van der Waals surface area contributed by atoms with Gasteiger partial charge >= 0.3 is 5.97 Å². The van der Waals surface area contributed by atoms with E-state index < -0.39 is 17.7 Å². The topological polar surface area (TPSA) is 75.7 Å². The molecule has 4 rings (SSSR count). The van der Waals surface area contributed by atoms with Crippen molar-refractivity contribution in [3.63, 3.8) is 0 Å². The molecule has 0 radical (unpaired) electrons. The fourth-order valence-corrected chi connectivity index (χ4v) is 4.70. The van der Waals surface area contributed by atoms with E-state index in [1.165, 1.54) is 12.1 Å². The van der Waals surface area contributed by atoms with Gasteiger partial charge in [-0.2, -0.15) is 0 Å². The molecular weight excluding hydrogens is 387 g/mol. The van der Waals surface area contributed by atoms with Crippen LogP contribution < -0.4 is 5.32 Å². The van der Waals surface area contributed by atoms with Crippen LogP contribution in [0.4, 0.5) is 4.39 Å². The molecule has 1 unspecified atom stereocenters. The Morgan fingerprint density at radius 2 is 1.93 bits per heavy atom. The molecule has 0 saturated carbocycles. The lowest BCUT2D eigenvalue weighted by Gasteiger charge is -2.46. The van der Waals surface area contributed by atoms with E-state index in [1.54, 1.807) is 19.1 Å². The summed E-state index contributed by atoms with van der Waals surface area (Å²) in [7, 11) is 0. The predicted molar refractivity (Wildman–Crippen MR) is 108 cm³/mol. The summed E-state index contributed by atoms with van der Waals surface area (Å²) in [4.78, 5) is 41.1. The smallest absolute Gasteiger partial charge is 0.337 e. The van der Waals surface area contributed by atoms with E-state index in [2.05, 4.69) is 5.32 Å². The molecule has 30 heavy (non-hydrogen) atoms. The first kappa shape index (κ1) is 20.3. The molecule has 1 fully saturated rings. The molecule has 1 aliphatic carbocycles. The van der Waals surface area contributed by atoms with Gasteiger partial charge in [0, 0.05) is 36.7 Å². The maximum Gasteiger partial charge on any atom is 0.337 e. The molecule has 1 saturated heterocycles. The number of fused-ring (bicyclic) bond motifs is 2. The lowest BCUT2D eigenvalue weighted by Crippen LogP contribution is -2.51. The van der Waals surface area contributed by atoms with E-state index in [9.17, 15) is 18.8 Å². The highest BCUT2D eigenvalue weighted by atomic mass is 19.1. The zero-order valence-corrected chi connectivity index (χ0v) is 17.4. The molecule has 1 N–H and O–H groups in total. The van der Waals surface area contributed by atoms with Crippen molar-refractivity contribution in [1.29, 1.82) is 0 Å². The summed E-state index contributed by atoms with van der Waals surface area (Å²) in [5, 5.41) is 2.80. The average Bonchev–Trinajstić information content (AvgIpc) is 2.67. The zero-order chi connectivity index (χ0) is 21.6. The third-order valence-electron chi connectivity index (χ3n) is 5.86. The number of nitrogens with zero attached hydrogens (tertiary/aromatic N) is 1. The molecule has 1 atom stereocenters. The number of amides is 1. The van der Waals surface area contributed by atoms with Crippen molar-refractivity contribution in [1.82, 2.24) is 10.2 Å². The van der Waals surface area contributed by atoms with Crippen LogP contribution >= 0.6 is 0 Å². The summed E-state index contributed by atoms with van der Waals surface area (Å²) in [6, 6.07) is 5.72. The Labute approximate surface area is 174 Å². The number of benzene rings is 1. The summed E-state index contributed by atoms with van der Waals surface area (Å²) in [5.74, 6) is -2.23. The monoisotopic (exact) mass is 412 g/mol. The Morgan fingerprint density at radius 3 is 2.60 bits per heavy atom. The van der Waals surface area contributed by atoms with E-state index >= 15 is 0 Å². The number of halogens is 1. The third-order valence-corrected chi connectivity index (χ3v) is 5.86. The maximum atomic E-state index is 13.6. The highest BCUT2D eigenvalue weighted by Crippen LogP contribution is 2.50. The Morgan fingerprint density at radius 1 is 1.23 bits per heavy atom. The molecule has 1 aromatic carbocycles. The number of hydrogen-bond donors (Lipinski definition) is 1. The number of carbonyl (C=O) groups excluding carboxylic acids is 3. The van der Waals surface area contributed by atoms with Gasteiger partial charge in [0.2, 0.25) is 0 Å². The first-order valence-corrected chi connectivity index (χ1v) is 10.2. The predicted octanol–water partition coefficient (Wildman–Crippen LogP) is 2.82. The van der Waals surface area contributed by atoms with E-state index in [-0.39, 0.29) is 35.0 Å². The number of hydrogen-bond acceptors (Lipinski definition) is 5. The Hall–Kier alpha value is -2.96. The van der Waals surface area contributed by atoms with Crippen LogP contribution in [0.25, 0.3) is 0 Å². The first-order valence-electron chi connectivity index (χ1n) is 10.2. The Kier molecular flexibility index (Phi) is 5.00. The molecule has 0 bridgehead atoms. The van der Waals surface area contributed by atoms with Crippen molar-refractivity contribution >= 4 is 17.7 Å². The van der Waals surface area contributed by atoms with Crippen molar-refractivity contribution in [2.24, 2.45) is 5.41 Å². The average molecular weight is 412 g/mol. The summed E-state index contributed by atoms with van der Waals surface area (Å²) in [6.07, 6.45) is 0.952. The quantitative estimate of drug-likeness (QED) is 0.773. The molecular formula is C23H25FN2O4. The highest BCUT2D eigenvalue weighted by Gasteiger charge is 2.48. The van der Waals surface area contributed by atoms with Crippen molar-refractivity contribution < 1.29 is 23.5 Å². The van der Waals surface area contributed by atoms with Crippen LogP contribution in [0.1, 0.15) is 45.1 Å². The van der Waals surface area contributed by atoms with Gasteiger partial charge in [0.25, 0.3) is 5.91 Å². The summed E-state index contributed by atoms with van der Waals surface area (Å²) in [6.45, 7) is 6.77. The van der Waals surface area contributed by atoms with E-state index in [1.807, 2.05) is 18.7 Å². The van der Waals surface area contributed by atoms with Crippen LogP contribution in [0.2, 0.25) is 0 Å². The van der Waals surface area contributed by atoms with Crippen LogP contribution in [0.3, 0.4) is 0 Å². The number of nitrogens with one attached hydrogen (secondary N) is 1. The second-order valence-electron chi connectivity index (χ2n) is 8.68. The number of esters is 1. The van der Waals surface area contributed by atoms with E-state index in [4.69, 9.17) is 4.74 Å². The molecule has 7 heteroatoms. The normalized spacial score (nSPS) is 23.1. The SMILES string of the molecule is CCOC(=O)C1=C2C(=O)NCCN2C2=C(C(=O)CC(C)(C)C2)C1c1ccc(F)cc1. The van der Waals surface area contributed by atoms with Crippen molar-refractivity contribution in [2.45, 2.75) is 39.5 Å². The number of carbonyl (C=O) groups is 3. The molecule has 1 amide bonds. The molecule has 2 aliphatic heterocycles. The van der Waals surface area contributed by atoms with Crippen LogP contribution in [0.5, 0.6) is 0 Å². The largest absolute Gasteiger partial charge is 0.463 e. The molecule has 1 aromatic rings. The molecule has 0 aromatic heterocycles. The van der Waals surface area contributed by atoms with Crippen LogP contribution in [-0.2, 0) is 19.1 Å². The number of ether oxygens (including phenoxy) is 1. The minimum atomic E-state index is -0.765. The second-order valence-corrected chi connectivity index (χ2v) is 8.68. The summed E-state index contributed by atoms with van der Waals surface area (Å²) in [5.41, 5.74) is 2.01. The molecule has 0 spiro atoms. The van der Waals surface area contributed by atoms with Gasteiger partial charge in [0.05, 0.1) is 12.2 Å². The summed E-state index contributed by atoms with van der Waals surface area (Å²) < 4.78 is 18.9. The molecule has 3 aliphatic rings. The fourth-order valence-electron chi connectivity index (χ4n) is 4.70. The Balaban J connectivity index is 2.00. The lowest BCUT2D eigenvalue weighted by atomic mass is 9.68. The molecule has 2 heterocycles. The number of ketones is 1. The lowest BCUT2D eigenvalue weighted by molar-refractivity contribution is -0.139. The van der Waals surface area contributed by atoms with E-state index in [0.29, 0.717) is 37.1 Å². The fraction of sp³-hybridized carbons (Fsp3) is 0.435. The Bertz CT molecular complexity index is 991. The van der Waals surface area contributed by atoms with Gasteiger partial charge in [-0.25, -0.2) is 9.18 Å². The van der Waals surface area contributed by atoms with Crippen molar-refractivity contribution in [3.05, 3.63) is 58.2 Å². The van der Waals surface area contributed by atoms with Crippen LogP contribution in [0, 0.1) is 11.2 Å². The number of allylic oxidation sites excluding steroid dienone is 2. The van der Waals surface area contributed by atoms with Gasteiger partial charge in [-0.15, -0.1) is 0 Å².